The lowest BCUT2D eigenvalue weighted by Crippen LogP contribution is -2.48. The van der Waals surface area contributed by atoms with Gasteiger partial charge in [-0.1, -0.05) is 15.9 Å². The van der Waals surface area contributed by atoms with Crippen molar-refractivity contribution in [2.24, 2.45) is 0 Å². The van der Waals surface area contributed by atoms with E-state index in [0.29, 0.717) is 40.1 Å². The Bertz CT molecular complexity index is 1210. The van der Waals surface area contributed by atoms with Gasteiger partial charge in [-0.05, 0) is 76.6 Å². The summed E-state index contributed by atoms with van der Waals surface area (Å²) in [4.78, 5) is 29.8. The predicted octanol–water partition coefficient (Wildman–Crippen LogP) is 5.44. The number of anilines is 2. The SMILES string of the molecule is COc1ccc(C(=O)N2CCN(c3ccc(NC(=O)c4cc(Br)cc(Br)c4OC)cc3)CC2)cc1. The fourth-order valence-electron chi connectivity index (χ4n) is 3.97. The number of nitrogens with one attached hydrogen (secondary N) is 1. The smallest absolute Gasteiger partial charge is 0.259 e. The van der Waals surface area contributed by atoms with Crippen LogP contribution in [0.3, 0.4) is 0 Å². The lowest BCUT2D eigenvalue weighted by Gasteiger charge is -2.36. The molecule has 0 saturated carbocycles. The molecule has 182 valence electrons. The highest BCUT2D eigenvalue weighted by molar-refractivity contribution is 9.11. The number of ether oxygens (including phenoxy) is 2. The van der Waals surface area contributed by atoms with Gasteiger partial charge in [0.05, 0.1) is 24.3 Å². The summed E-state index contributed by atoms with van der Waals surface area (Å²) in [5.41, 5.74) is 2.82. The predicted molar refractivity (Wildman–Crippen MR) is 144 cm³/mol. The number of benzene rings is 3. The highest BCUT2D eigenvalue weighted by Gasteiger charge is 2.23. The summed E-state index contributed by atoms with van der Waals surface area (Å²) >= 11 is 6.84. The molecule has 1 saturated heterocycles. The number of halogens is 2. The number of methoxy groups -OCH3 is 2. The number of hydrogen-bond donors (Lipinski definition) is 1. The average molecular weight is 603 g/mol. The Labute approximate surface area is 221 Å². The standard InChI is InChI=1S/C26H25Br2N3O4/c1-34-21-9-3-17(4-10-21)26(33)31-13-11-30(12-14-31)20-7-5-19(6-8-20)29-25(32)22-15-18(27)16-23(28)24(22)35-2/h3-10,15-16H,11-14H2,1-2H3,(H,29,32). The van der Waals surface area contributed by atoms with E-state index in [1.54, 1.807) is 37.4 Å². The van der Waals surface area contributed by atoms with Gasteiger partial charge in [-0.3, -0.25) is 9.59 Å². The Morgan fingerprint density at radius 3 is 2.11 bits per heavy atom. The Hall–Kier alpha value is -3.04. The fraction of sp³-hybridized carbons (Fsp3) is 0.231. The van der Waals surface area contributed by atoms with Crippen LogP contribution in [0.15, 0.2) is 69.6 Å². The van der Waals surface area contributed by atoms with Crippen molar-refractivity contribution in [1.82, 2.24) is 4.90 Å². The van der Waals surface area contributed by atoms with E-state index in [9.17, 15) is 9.59 Å². The third-order valence-electron chi connectivity index (χ3n) is 5.85. The van der Waals surface area contributed by atoms with Crippen LogP contribution in [0, 0.1) is 0 Å². The zero-order valence-corrected chi connectivity index (χ0v) is 22.6. The van der Waals surface area contributed by atoms with Gasteiger partial charge in [0.15, 0.2) is 0 Å². The third-order valence-corrected chi connectivity index (χ3v) is 6.90. The molecule has 0 unspecified atom stereocenters. The second-order valence-corrected chi connectivity index (χ2v) is 9.75. The van der Waals surface area contributed by atoms with Gasteiger partial charge < -0.3 is 24.6 Å². The van der Waals surface area contributed by atoms with E-state index in [4.69, 9.17) is 9.47 Å². The maximum absolute atomic E-state index is 12.8. The molecule has 1 N–H and O–H groups in total. The van der Waals surface area contributed by atoms with E-state index in [0.717, 1.165) is 29.0 Å². The summed E-state index contributed by atoms with van der Waals surface area (Å²) in [5.74, 6) is 0.973. The number of rotatable bonds is 6. The quantitative estimate of drug-likeness (QED) is 0.407. The van der Waals surface area contributed by atoms with E-state index in [1.807, 2.05) is 35.2 Å². The monoisotopic (exact) mass is 601 g/mol. The Balaban J connectivity index is 1.36. The van der Waals surface area contributed by atoms with Crippen LogP contribution in [-0.4, -0.2) is 57.1 Å². The first kappa shape index (κ1) is 25.1. The van der Waals surface area contributed by atoms with Gasteiger partial charge in [-0.2, -0.15) is 0 Å². The van der Waals surface area contributed by atoms with Gasteiger partial charge in [0.25, 0.3) is 11.8 Å². The average Bonchev–Trinajstić information content (AvgIpc) is 2.88. The second kappa shape index (κ2) is 11.1. The minimum atomic E-state index is -0.262. The van der Waals surface area contributed by atoms with Gasteiger partial charge in [-0.25, -0.2) is 0 Å². The van der Waals surface area contributed by atoms with Crippen molar-refractivity contribution in [3.63, 3.8) is 0 Å². The van der Waals surface area contributed by atoms with Gasteiger partial charge >= 0.3 is 0 Å². The normalized spacial score (nSPS) is 13.4. The lowest BCUT2D eigenvalue weighted by molar-refractivity contribution is 0.0746. The molecule has 0 bridgehead atoms. The molecule has 0 atom stereocenters. The summed E-state index contributed by atoms with van der Waals surface area (Å²) < 4.78 is 12.0. The molecule has 3 aromatic carbocycles. The largest absolute Gasteiger partial charge is 0.497 e. The van der Waals surface area contributed by atoms with E-state index >= 15 is 0 Å². The maximum Gasteiger partial charge on any atom is 0.259 e. The first-order chi connectivity index (χ1) is 16.9. The highest BCUT2D eigenvalue weighted by atomic mass is 79.9. The zero-order valence-electron chi connectivity index (χ0n) is 19.4. The number of hydrogen-bond acceptors (Lipinski definition) is 5. The number of amides is 2. The Morgan fingerprint density at radius 1 is 0.857 bits per heavy atom. The van der Waals surface area contributed by atoms with E-state index in [2.05, 4.69) is 42.1 Å². The first-order valence-corrected chi connectivity index (χ1v) is 12.6. The van der Waals surface area contributed by atoms with Gasteiger partial charge in [0, 0.05) is 47.6 Å². The molecule has 1 aliphatic rings. The highest BCUT2D eigenvalue weighted by Crippen LogP contribution is 2.33. The molecular formula is C26H25Br2N3O4. The van der Waals surface area contributed by atoms with E-state index in [-0.39, 0.29) is 11.8 Å². The first-order valence-electron chi connectivity index (χ1n) is 11.0. The van der Waals surface area contributed by atoms with Crippen molar-refractivity contribution in [1.29, 1.82) is 0 Å². The Kier molecular flexibility index (Phi) is 7.97. The summed E-state index contributed by atoms with van der Waals surface area (Å²) in [6.45, 7) is 2.75. The molecule has 1 fully saturated rings. The topological polar surface area (TPSA) is 71.1 Å². The molecule has 0 aliphatic carbocycles. The molecule has 0 spiro atoms. The van der Waals surface area contributed by atoms with Gasteiger partial charge in [0.1, 0.15) is 11.5 Å². The van der Waals surface area contributed by atoms with Crippen LogP contribution >= 0.6 is 31.9 Å². The van der Waals surface area contributed by atoms with Crippen LogP contribution in [-0.2, 0) is 0 Å². The van der Waals surface area contributed by atoms with Crippen molar-refractivity contribution in [3.05, 3.63) is 80.7 Å². The van der Waals surface area contributed by atoms with Crippen LogP contribution in [0.1, 0.15) is 20.7 Å². The molecule has 1 aliphatic heterocycles. The second-order valence-electron chi connectivity index (χ2n) is 7.98. The Morgan fingerprint density at radius 2 is 1.51 bits per heavy atom. The summed E-state index contributed by atoms with van der Waals surface area (Å²) in [7, 11) is 3.14. The van der Waals surface area contributed by atoms with Crippen molar-refractivity contribution >= 4 is 55.0 Å². The third kappa shape index (κ3) is 5.79. The summed E-state index contributed by atoms with van der Waals surface area (Å²) in [5, 5.41) is 2.92. The van der Waals surface area contributed by atoms with Crippen molar-refractivity contribution < 1.29 is 19.1 Å². The lowest BCUT2D eigenvalue weighted by atomic mass is 10.1. The van der Waals surface area contributed by atoms with Crippen LogP contribution < -0.4 is 19.7 Å². The fourth-order valence-corrected chi connectivity index (χ4v) is 5.36. The van der Waals surface area contributed by atoms with Gasteiger partial charge in [0.2, 0.25) is 0 Å². The molecule has 35 heavy (non-hydrogen) atoms. The van der Waals surface area contributed by atoms with Crippen molar-refractivity contribution in [2.75, 3.05) is 50.6 Å². The number of carbonyl (C=O) groups is 2. The molecule has 1 heterocycles. The molecule has 7 nitrogen and oxygen atoms in total. The molecule has 0 aromatic heterocycles. The zero-order chi connectivity index (χ0) is 24.9. The van der Waals surface area contributed by atoms with Crippen LogP contribution in [0.25, 0.3) is 0 Å². The molecule has 4 rings (SSSR count). The number of carbonyl (C=O) groups excluding carboxylic acids is 2. The summed E-state index contributed by atoms with van der Waals surface area (Å²) in [6, 6.07) is 18.4. The molecule has 9 heteroatoms. The van der Waals surface area contributed by atoms with Crippen molar-refractivity contribution in [3.8, 4) is 11.5 Å². The molecule has 2 amide bonds. The molecular weight excluding hydrogens is 578 g/mol. The van der Waals surface area contributed by atoms with Gasteiger partial charge in [-0.15, -0.1) is 0 Å². The molecule has 0 radical (unpaired) electrons. The van der Waals surface area contributed by atoms with E-state index in [1.165, 1.54) is 7.11 Å². The van der Waals surface area contributed by atoms with E-state index < -0.39 is 0 Å². The molecule has 3 aromatic rings. The van der Waals surface area contributed by atoms with Crippen LogP contribution in [0.5, 0.6) is 11.5 Å². The van der Waals surface area contributed by atoms with Crippen molar-refractivity contribution in [2.45, 2.75) is 0 Å². The minimum absolute atomic E-state index is 0.0278. The maximum atomic E-state index is 12.8. The van der Waals surface area contributed by atoms with Crippen LogP contribution in [0.4, 0.5) is 11.4 Å². The van der Waals surface area contributed by atoms with Crippen LogP contribution in [0.2, 0.25) is 0 Å². The number of piperazine rings is 1. The summed E-state index contributed by atoms with van der Waals surface area (Å²) in [6.07, 6.45) is 0. The minimum Gasteiger partial charge on any atom is -0.497 e. The number of nitrogens with zero attached hydrogens (tertiary/aromatic N) is 2.